The van der Waals surface area contributed by atoms with E-state index in [2.05, 4.69) is 27.0 Å². The van der Waals surface area contributed by atoms with Crippen LogP contribution in [0, 0.1) is 0 Å². The van der Waals surface area contributed by atoms with E-state index >= 15 is 0 Å². The van der Waals surface area contributed by atoms with Gasteiger partial charge in [-0.1, -0.05) is 30.3 Å². The van der Waals surface area contributed by atoms with Gasteiger partial charge in [-0.15, -0.1) is 0 Å². The first-order chi connectivity index (χ1) is 11.8. The zero-order valence-electron chi connectivity index (χ0n) is 14.1. The molecule has 3 heterocycles. The summed E-state index contributed by atoms with van der Waals surface area (Å²) in [6.07, 6.45) is 6.32. The first-order valence-electron chi connectivity index (χ1n) is 8.85. The van der Waals surface area contributed by atoms with Crippen molar-refractivity contribution in [2.75, 3.05) is 20.1 Å². The normalized spacial score (nSPS) is 24.6. The molecule has 5 heteroatoms. The van der Waals surface area contributed by atoms with Crippen molar-refractivity contribution < 1.29 is 4.79 Å². The molecule has 0 unspecified atom stereocenters. The molecule has 2 fully saturated rings. The Balaban J connectivity index is 1.61. The van der Waals surface area contributed by atoms with Crippen LogP contribution in [-0.4, -0.2) is 58.1 Å². The first kappa shape index (κ1) is 15.4. The molecule has 2 aliphatic rings. The van der Waals surface area contributed by atoms with Crippen molar-refractivity contribution in [2.24, 2.45) is 0 Å². The zero-order chi connectivity index (χ0) is 16.5. The van der Waals surface area contributed by atoms with Crippen LogP contribution in [0.1, 0.15) is 36.0 Å². The Bertz CT molecular complexity index is 711. The summed E-state index contributed by atoms with van der Waals surface area (Å²) in [5.41, 5.74) is 2.52. The van der Waals surface area contributed by atoms with Gasteiger partial charge in [-0.3, -0.25) is 9.89 Å². The Morgan fingerprint density at radius 3 is 2.62 bits per heavy atom. The van der Waals surface area contributed by atoms with E-state index in [4.69, 9.17) is 0 Å². The molecule has 4 rings (SSSR count). The van der Waals surface area contributed by atoms with E-state index in [1.165, 1.54) is 12.8 Å². The van der Waals surface area contributed by atoms with Crippen molar-refractivity contribution in [3.63, 3.8) is 0 Å². The molecule has 1 aromatic heterocycles. The highest BCUT2D eigenvalue weighted by Gasteiger charge is 2.39. The second-order valence-corrected chi connectivity index (χ2v) is 6.92. The maximum absolute atomic E-state index is 13.2. The second-order valence-electron chi connectivity index (χ2n) is 6.92. The van der Waals surface area contributed by atoms with Gasteiger partial charge in [0.25, 0.3) is 5.91 Å². The highest BCUT2D eigenvalue weighted by Crippen LogP contribution is 2.31. The number of nitrogens with zero attached hydrogens (tertiary/aromatic N) is 3. The van der Waals surface area contributed by atoms with Crippen LogP contribution in [0.25, 0.3) is 11.3 Å². The minimum atomic E-state index is 0.116. The molecule has 0 spiro atoms. The maximum Gasteiger partial charge on any atom is 0.257 e. The summed E-state index contributed by atoms with van der Waals surface area (Å²) in [5, 5.41) is 7.16. The van der Waals surface area contributed by atoms with Gasteiger partial charge in [0.15, 0.2) is 0 Å². The number of carbonyl (C=O) groups is 1. The third-order valence-electron chi connectivity index (χ3n) is 5.51. The molecule has 2 atom stereocenters. The number of H-pyrrole nitrogens is 1. The van der Waals surface area contributed by atoms with Crippen LogP contribution in [0.5, 0.6) is 0 Å². The van der Waals surface area contributed by atoms with E-state index in [1.54, 1.807) is 6.20 Å². The van der Waals surface area contributed by atoms with Crippen LogP contribution < -0.4 is 0 Å². The number of hydrogen-bond acceptors (Lipinski definition) is 3. The summed E-state index contributed by atoms with van der Waals surface area (Å²) >= 11 is 0. The Hall–Kier alpha value is -2.14. The minimum absolute atomic E-state index is 0.116. The number of carbonyl (C=O) groups excluding carboxylic acids is 1. The van der Waals surface area contributed by atoms with Gasteiger partial charge < -0.3 is 9.80 Å². The van der Waals surface area contributed by atoms with E-state index in [1.807, 2.05) is 30.3 Å². The molecule has 0 saturated carbocycles. The van der Waals surface area contributed by atoms with Crippen LogP contribution in [0.4, 0.5) is 0 Å². The standard InChI is InChI=1S/C19H24N4O/c1-22-11-5-9-16(22)17-10-6-12-23(17)19(24)15-13-20-21-18(15)14-7-3-2-4-8-14/h2-4,7-8,13,16-17H,5-6,9-12H2,1H3,(H,20,21)/t16-,17-/m1/s1. The number of aromatic amines is 1. The number of benzene rings is 1. The largest absolute Gasteiger partial charge is 0.334 e. The highest BCUT2D eigenvalue weighted by molar-refractivity contribution is 6.00. The second kappa shape index (κ2) is 6.40. The Kier molecular flexibility index (Phi) is 4.10. The molecule has 1 aromatic carbocycles. The summed E-state index contributed by atoms with van der Waals surface area (Å²) in [4.78, 5) is 17.7. The molecule has 24 heavy (non-hydrogen) atoms. The first-order valence-corrected chi connectivity index (χ1v) is 8.85. The van der Waals surface area contributed by atoms with Gasteiger partial charge in [-0.25, -0.2) is 0 Å². The maximum atomic E-state index is 13.2. The van der Waals surface area contributed by atoms with Crippen LogP contribution in [0.15, 0.2) is 36.5 Å². The number of nitrogens with one attached hydrogen (secondary N) is 1. The smallest absolute Gasteiger partial charge is 0.257 e. The lowest BCUT2D eigenvalue weighted by Gasteiger charge is -2.33. The molecule has 2 aliphatic heterocycles. The van der Waals surface area contributed by atoms with E-state index in [-0.39, 0.29) is 5.91 Å². The number of likely N-dealkylation sites (N-methyl/N-ethyl adjacent to an activating group) is 1. The lowest BCUT2D eigenvalue weighted by Crippen LogP contribution is -2.47. The minimum Gasteiger partial charge on any atom is -0.334 e. The number of rotatable bonds is 3. The molecule has 0 radical (unpaired) electrons. The van der Waals surface area contributed by atoms with Crippen LogP contribution in [0.3, 0.4) is 0 Å². The van der Waals surface area contributed by atoms with Gasteiger partial charge in [0.1, 0.15) is 0 Å². The molecule has 2 saturated heterocycles. The third-order valence-corrected chi connectivity index (χ3v) is 5.51. The Labute approximate surface area is 142 Å². The molecule has 0 aliphatic carbocycles. The van der Waals surface area contributed by atoms with E-state index in [9.17, 15) is 4.79 Å². The summed E-state index contributed by atoms with van der Waals surface area (Å²) in [5.74, 6) is 0.116. The summed E-state index contributed by atoms with van der Waals surface area (Å²) in [6, 6.07) is 10.8. The lowest BCUT2D eigenvalue weighted by atomic mass is 10.0. The molecule has 1 amide bonds. The van der Waals surface area contributed by atoms with Crippen LogP contribution >= 0.6 is 0 Å². The van der Waals surface area contributed by atoms with Crippen molar-refractivity contribution in [3.05, 3.63) is 42.1 Å². The van der Waals surface area contributed by atoms with Gasteiger partial charge in [0.05, 0.1) is 17.5 Å². The van der Waals surface area contributed by atoms with Crippen molar-refractivity contribution >= 4 is 5.91 Å². The molecular formula is C19H24N4O. The Morgan fingerprint density at radius 1 is 1.12 bits per heavy atom. The fraction of sp³-hybridized carbons (Fsp3) is 0.474. The number of amides is 1. The van der Waals surface area contributed by atoms with Gasteiger partial charge >= 0.3 is 0 Å². The fourth-order valence-corrected chi connectivity index (χ4v) is 4.29. The number of likely N-dealkylation sites (tertiary alicyclic amines) is 2. The van der Waals surface area contributed by atoms with E-state index < -0.39 is 0 Å². The third kappa shape index (κ3) is 2.63. The van der Waals surface area contributed by atoms with Gasteiger partial charge in [-0.05, 0) is 39.3 Å². The molecule has 126 valence electrons. The SMILES string of the molecule is CN1CCC[C@@H]1[C@H]1CCCN1C(=O)c1cn[nH]c1-c1ccccc1. The quantitative estimate of drug-likeness (QED) is 0.944. The van der Waals surface area contributed by atoms with Crippen molar-refractivity contribution in [1.82, 2.24) is 20.0 Å². The molecular weight excluding hydrogens is 300 g/mol. The monoisotopic (exact) mass is 324 g/mol. The Morgan fingerprint density at radius 2 is 1.88 bits per heavy atom. The van der Waals surface area contributed by atoms with Crippen molar-refractivity contribution in [3.8, 4) is 11.3 Å². The topological polar surface area (TPSA) is 52.2 Å². The predicted molar refractivity (Wildman–Crippen MR) is 93.7 cm³/mol. The van der Waals surface area contributed by atoms with Crippen LogP contribution in [-0.2, 0) is 0 Å². The number of hydrogen-bond donors (Lipinski definition) is 1. The predicted octanol–water partition coefficient (Wildman–Crippen LogP) is 2.78. The van der Waals surface area contributed by atoms with Gasteiger partial charge in [-0.2, -0.15) is 5.10 Å². The molecule has 0 bridgehead atoms. The number of aromatic nitrogens is 2. The van der Waals surface area contributed by atoms with Gasteiger partial charge in [0, 0.05) is 24.2 Å². The summed E-state index contributed by atoms with van der Waals surface area (Å²) < 4.78 is 0. The molecule has 1 N–H and O–H groups in total. The van der Waals surface area contributed by atoms with E-state index in [0.717, 1.165) is 37.2 Å². The van der Waals surface area contributed by atoms with Crippen molar-refractivity contribution in [1.29, 1.82) is 0 Å². The zero-order valence-corrected chi connectivity index (χ0v) is 14.1. The average Bonchev–Trinajstić information content (AvgIpc) is 3.34. The summed E-state index contributed by atoms with van der Waals surface area (Å²) in [6.45, 7) is 2.00. The van der Waals surface area contributed by atoms with Gasteiger partial charge in [0.2, 0.25) is 0 Å². The summed E-state index contributed by atoms with van der Waals surface area (Å²) in [7, 11) is 2.19. The fourth-order valence-electron chi connectivity index (χ4n) is 4.29. The van der Waals surface area contributed by atoms with E-state index in [0.29, 0.717) is 17.6 Å². The van der Waals surface area contributed by atoms with Crippen molar-refractivity contribution in [2.45, 2.75) is 37.8 Å². The van der Waals surface area contributed by atoms with Crippen LogP contribution in [0.2, 0.25) is 0 Å². The lowest BCUT2D eigenvalue weighted by molar-refractivity contribution is 0.0665. The average molecular weight is 324 g/mol. The molecule has 5 nitrogen and oxygen atoms in total. The molecule has 2 aromatic rings. The highest BCUT2D eigenvalue weighted by atomic mass is 16.2.